The van der Waals surface area contributed by atoms with E-state index in [2.05, 4.69) is 6.92 Å². The van der Waals surface area contributed by atoms with E-state index >= 15 is 0 Å². The summed E-state index contributed by atoms with van der Waals surface area (Å²) in [6.07, 6.45) is 4.79. The Labute approximate surface area is 90.8 Å². The summed E-state index contributed by atoms with van der Waals surface area (Å²) in [5.41, 5.74) is -0.312. The van der Waals surface area contributed by atoms with Crippen LogP contribution in [-0.2, 0) is 9.53 Å². The molecule has 3 heteroatoms. The van der Waals surface area contributed by atoms with E-state index in [1.54, 1.807) is 0 Å². The molecule has 1 heterocycles. The number of carbonyl (C=O) groups is 1. The lowest BCUT2D eigenvalue weighted by molar-refractivity contribution is -0.125. The summed E-state index contributed by atoms with van der Waals surface area (Å²) in [5.74, 6) is 0.620. The highest BCUT2D eigenvalue weighted by molar-refractivity contribution is 5.60. The zero-order valence-corrected chi connectivity index (χ0v) is 9.32. The molecule has 1 aliphatic heterocycles. The van der Waals surface area contributed by atoms with Gasteiger partial charge in [0.25, 0.3) is 0 Å². The first-order chi connectivity index (χ1) is 7.18. The van der Waals surface area contributed by atoms with Crippen molar-refractivity contribution < 1.29 is 14.6 Å². The number of rotatable bonds is 2. The van der Waals surface area contributed by atoms with Crippen LogP contribution in [0.5, 0.6) is 0 Å². The SMILES string of the molecule is CC1CCCC(C=O)(C2COCC2O)C1. The van der Waals surface area contributed by atoms with Crippen LogP contribution in [0, 0.1) is 17.3 Å². The normalized spacial score (nSPS) is 46.7. The zero-order valence-electron chi connectivity index (χ0n) is 9.32. The summed E-state index contributed by atoms with van der Waals surface area (Å²) in [4.78, 5) is 11.4. The quantitative estimate of drug-likeness (QED) is 0.704. The Hall–Kier alpha value is -0.410. The molecule has 0 radical (unpaired) electrons. The molecule has 0 amide bonds. The Morgan fingerprint density at radius 1 is 1.47 bits per heavy atom. The predicted octanol–water partition coefficient (Wildman–Crippen LogP) is 1.39. The molecule has 0 aromatic rings. The summed E-state index contributed by atoms with van der Waals surface area (Å²) in [5, 5.41) is 9.84. The van der Waals surface area contributed by atoms with E-state index in [9.17, 15) is 9.90 Å². The molecule has 1 aliphatic carbocycles. The first-order valence-electron chi connectivity index (χ1n) is 5.90. The van der Waals surface area contributed by atoms with Gasteiger partial charge in [0.05, 0.1) is 19.3 Å². The Balaban J connectivity index is 2.16. The fourth-order valence-electron chi connectivity index (χ4n) is 3.26. The van der Waals surface area contributed by atoms with Crippen LogP contribution < -0.4 is 0 Å². The number of ether oxygens (including phenoxy) is 1. The van der Waals surface area contributed by atoms with Crippen molar-refractivity contribution in [2.75, 3.05) is 13.2 Å². The Bertz CT molecular complexity index is 241. The van der Waals surface area contributed by atoms with Gasteiger partial charge in [0, 0.05) is 11.3 Å². The van der Waals surface area contributed by atoms with E-state index in [4.69, 9.17) is 4.74 Å². The van der Waals surface area contributed by atoms with Gasteiger partial charge in [-0.3, -0.25) is 0 Å². The summed E-state index contributed by atoms with van der Waals surface area (Å²) >= 11 is 0. The van der Waals surface area contributed by atoms with E-state index < -0.39 is 6.10 Å². The molecule has 1 saturated carbocycles. The molecule has 15 heavy (non-hydrogen) atoms. The topological polar surface area (TPSA) is 46.5 Å². The third-order valence-corrected chi connectivity index (χ3v) is 4.09. The number of aliphatic hydroxyl groups excluding tert-OH is 1. The number of hydrogen-bond donors (Lipinski definition) is 1. The third-order valence-electron chi connectivity index (χ3n) is 4.09. The van der Waals surface area contributed by atoms with Crippen molar-refractivity contribution in [1.29, 1.82) is 0 Å². The van der Waals surface area contributed by atoms with Crippen LogP contribution in [0.3, 0.4) is 0 Å². The second kappa shape index (κ2) is 4.22. The summed E-state index contributed by atoms with van der Waals surface area (Å²) in [7, 11) is 0. The van der Waals surface area contributed by atoms with Crippen molar-refractivity contribution in [1.82, 2.24) is 0 Å². The van der Waals surface area contributed by atoms with Gasteiger partial charge in [-0.2, -0.15) is 0 Å². The highest BCUT2D eigenvalue weighted by Gasteiger charge is 2.47. The Kier molecular flexibility index (Phi) is 3.12. The van der Waals surface area contributed by atoms with Gasteiger partial charge in [-0.1, -0.05) is 19.8 Å². The predicted molar refractivity (Wildman–Crippen MR) is 56.4 cm³/mol. The molecule has 0 aromatic heterocycles. The van der Waals surface area contributed by atoms with Crippen LogP contribution in [0.25, 0.3) is 0 Å². The fraction of sp³-hybridized carbons (Fsp3) is 0.917. The monoisotopic (exact) mass is 212 g/mol. The van der Waals surface area contributed by atoms with Crippen LogP contribution in [0.15, 0.2) is 0 Å². The molecule has 4 atom stereocenters. The van der Waals surface area contributed by atoms with Crippen molar-refractivity contribution in [2.45, 2.75) is 38.7 Å². The molecule has 2 fully saturated rings. The van der Waals surface area contributed by atoms with Crippen molar-refractivity contribution in [3.63, 3.8) is 0 Å². The highest BCUT2D eigenvalue weighted by atomic mass is 16.5. The smallest absolute Gasteiger partial charge is 0.126 e. The number of aliphatic hydroxyl groups is 1. The van der Waals surface area contributed by atoms with E-state index in [-0.39, 0.29) is 11.3 Å². The molecule has 0 spiro atoms. The summed E-state index contributed by atoms with van der Waals surface area (Å²) in [6, 6.07) is 0. The molecule has 3 nitrogen and oxygen atoms in total. The van der Waals surface area contributed by atoms with Crippen LogP contribution >= 0.6 is 0 Å². The number of carbonyl (C=O) groups excluding carboxylic acids is 1. The van der Waals surface area contributed by atoms with Gasteiger partial charge in [-0.25, -0.2) is 0 Å². The van der Waals surface area contributed by atoms with E-state index in [0.717, 1.165) is 25.5 Å². The van der Waals surface area contributed by atoms with Crippen LogP contribution in [0.2, 0.25) is 0 Å². The van der Waals surface area contributed by atoms with Gasteiger partial charge >= 0.3 is 0 Å². The molecular weight excluding hydrogens is 192 g/mol. The third kappa shape index (κ3) is 1.95. The van der Waals surface area contributed by atoms with Gasteiger partial charge < -0.3 is 14.6 Å². The van der Waals surface area contributed by atoms with Crippen molar-refractivity contribution in [3.8, 4) is 0 Å². The molecule has 2 aliphatic rings. The second-order valence-corrected chi connectivity index (χ2v) is 5.26. The fourth-order valence-corrected chi connectivity index (χ4v) is 3.26. The van der Waals surface area contributed by atoms with Gasteiger partial charge in [0.2, 0.25) is 0 Å². The molecule has 2 rings (SSSR count). The van der Waals surface area contributed by atoms with Gasteiger partial charge in [-0.05, 0) is 18.8 Å². The maximum atomic E-state index is 11.4. The lowest BCUT2D eigenvalue weighted by Gasteiger charge is -2.40. The molecule has 1 saturated heterocycles. The highest BCUT2D eigenvalue weighted by Crippen LogP contribution is 2.46. The summed E-state index contributed by atoms with van der Waals surface area (Å²) in [6.45, 7) is 3.14. The maximum Gasteiger partial charge on any atom is 0.126 e. The lowest BCUT2D eigenvalue weighted by atomic mass is 9.63. The van der Waals surface area contributed by atoms with Gasteiger partial charge in [0.1, 0.15) is 6.29 Å². The second-order valence-electron chi connectivity index (χ2n) is 5.26. The minimum Gasteiger partial charge on any atom is -0.390 e. The van der Waals surface area contributed by atoms with E-state index in [0.29, 0.717) is 19.1 Å². The van der Waals surface area contributed by atoms with Crippen LogP contribution in [0.4, 0.5) is 0 Å². The minimum atomic E-state index is -0.444. The van der Waals surface area contributed by atoms with Crippen LogP contribution in [0.1, 0.15) is 32.6 Å². The first-order valence-corrected chi connectivity index (χ1v) is 5.90. The first kappa shape index (κ1) is 11.1. The van der Waals surface area contributed by atoms with Gasteiger partial charge in [-0.15, -0.1) is 0 Å². The maximum absolute atomic E-state index is 11.4. The summed E-state index contributed by atoms with van der Waals surface area (Å²) < 4.78 is 5.28. The average molecular weight is 212 g/mol. The lowest BCUT2D eigenvalue weighted by Crippen LogP contribution is -2.42. The molecular formula is C12H20O3. The molecule has 4 unspecified atom stereocenters. The Morgan fingerprint density at radius 2 is 2.27 bits per heavy atom. The van der Waals surface area contributed by atoms with Crippen molar-refractivity contribution >= 4 is 6.29 Å². The van der Waals surface area contributed by atoms with Crippen LogP contribution in [-0.4, -0.2) is 30.7 Å². The number of hydrogen-bond acceptors (Lipinski definition) is 3. The molecule has 0 bridgehead atoms. The van der Waals surface area contributed by atoms with E-state index in [1.807, 2.05) is 0 Å². The molecule has 86 valence electrons. The number of aldehydes is 1. The van der Waals surface area contributed by atoms with Crippen molar-refractivity contribution in [3.05, 3.63) is 0 Å². The molecule has 1 N–H and O–H groups in total. The van der Waals surface area contributed by atoms with Gasteiger partial charge in [0.15, 0.2) is 0 Å². The van der Waals surface area contributed by atoms with E-state index in [1.165, 1.54) is 6.42 Å². The molecule has 0 aromatic carbocycles. The largest absolute Gasteiger partial charge is 0.390 e. The standard InChI is InChI=1S/C12H20O3/c1-9-3-2-4-12(5-9,8-13)10-6-15-7-11(10)14/h8-11,14H,2-7H2,1H3. The Morgan fingerprint density at radius 3 is 2.80 bits per heavy atom. The average Bonchev–Trinajstić information content (AvgIpc) is 2.65. The van der Waals surface area contributed by atoms with Crippen molar-refractivity contribution in [2.24, 2.45) is 17.3 Å². The zero-order chi connectivity index (χ0) is 10.9. The minimum absolute atomic E-state index is 0.0257.